The van der Waals surface area contributed by atoms with Crippen molar-refractivity contribution in [3.63, 3.8) is 0 Å². The summed E-state index contributed by atoms with van der Waals surface area (Å²) in [5.74, 6) is 0. The molecule has 0 aromatic heterocycles. The van der Waals surface area contributed by atoms with Crippen molar-refractivity contribution < 1.29 is 19.5 Å². The maximum atomic E-state index is 4.79. The normalized spacial score (nSPS) is 10.9. The molecule has 4 nitrogen and oxygen atoms in total. The quantitative estimate of drug-likeness (QED) is 0.243. The zero-order chi connectivity index (χ0) is 13.1. The van der Waals surface area contributed by atoms with Crippen LogP contribution in [0.4, 0.5) is 0 Å². The Kier molecular flexibility index (Phi) is 19.8. The smallest absolute Gasteiger partial charge is 0.752 e. The first-order chi connectivity index (χ1) is 7.33. The standard InChI is InChI=1S/2C4H10N2S2.Zn/c2*1-6(2)5-4(7)8-3;/h2*1-3H3,(H,5,7);/q;;+2/p-2. The van der Waals surface area contributed by atoms with Gasteiger partial charge in [-0.15, -0.1) is 23.5 Å². The van der Waals surface area contributed by atoms with Gasteiger partial charge in [-0.25, -0.2) is 10.2 Å². The third-order valence-electron chi connectivity index (χ3n) is 0.913. The van der Waals surface area contributed by atoms with Crippen molar-refractivity contribution in [2.45, 2.75) is 0 Å². The Labute approximate surface area is 137 Å². The minimum Gasteiger partial charge on any atom is -0.752 e. The summed E-state index contributed by atoms with van der Waals surface area (Å²) in [5, 5.41) is 11.2. The van der Waals surface area contributed by atoms with E-state index in [0.29, 0.717) is 8.75 Å². The van der Waals surface area contributed by atoms with E-state index in [9.17, 15) is 0 Å². The molecule has 0 N–H and O–H groups in total. The first-order valence-electron chi connectivity index (χ1n) is 4.27. The van der Waals surface area contributed by atoms with E-state index in [1.807, 2.05) is 40.7 Å². The van der Waals surface area contributed by atoms with E-state index in [-0.39, 0.29) is 19.5 Å². The molecule has 0 amide bonds. The molecule has 0 bridgehead atoms. The average molecular weight is 364 g/mol. The Balaban J connectivity index is -0.000000218. The number of rotatable bonds is 2. The molecule has 0 aromatic rings. The SMILES string of the molecule is CS/C([S-])=N/N(C)C.CS/C([S-])=N\N(C)C.[Zn+2]. The molecule has 0 aliphatic rings. The molecule has 0 aliphatic heterocycles. The van der Waals surface area contributed by atoms with Gasteiger partial charge in [-0.3, -0.25) is 0 Å². The monoisotopic (exact) mass is 362 g/mol. The van der Waals surface area contributed by atoms with E-state index in [1.54, 1.807) is 10.0 Å². The molecular weight excluding hydrogens is 346 g/mol. The van der Waals surface area contributed by atoms with E-state index in [4.69, 9.17) is 25.3 Å². The van der Waals surface area contributed by atoms with Crippen LogP contribution in [0.5, 0.6) is 0 Å². The Morgan fingerprint density at radius 2 is 1.06 bits per heavy atom. The Hall–Kier alpha value is 0.703. The molecule has 0 heterocycles. The maximum Gasteiger partial charge on any atom is 2.00 e. The van der Waals surface area contributed by atoms with Gasteiger partial charge < -0.3 is 35.3 Å². The maximum absolute atomic E-state index is 4.79. The van der Waals surface area contributed by atoms with E-state index < -0.39 is 0 Å². The zero-order valence-corrected chi connectivity index (χ0v) is 17.4. The topological polar surface area (TPSA) is 31.2 Å². The van der Waals surface area contributed by atoms with Crippen molar-refractivity contribution in [2.75, 3.05) is 40.7 Å². The molecule has 0 aliphatic carbocycles. The fourth-order valence-electron chi connectivity index (χ4n) is 0.408. The molecule has 0 saturated heterocycles. The van der Waals surface area contributed by atoms with Gasteiger partial charge in [0, 0.05) is 28.2 Å². The fourth-order valence-corrected chi connectivity index (χ4v) is 1.22. The first-order valence-corrected chi connectivity index (χ1v) is 7.54. The molecule has 0 unspecified atom stereocenters. The van der Waals surface area contributed by atoms with Gasteiger partial charge in [-0.05, 0) is 21.3 Å². The van der Waals surface area contributed by atoms with Gasteiger partial charge in [0.15, 0.2) is 0 Å². The number of thioether (sulfide) groups is 2. The summed E-state index contributed by atoms with van der Waals surface area (Å²) in [5.41, 5.74) is 0. The van der Waals surface area contributed by atoms with Gasteiger partial charge in [0.2, 0.25) is 0 Å². The van der Waals surface area contributed by atoms with Crippen LogP contribution in [0.2, 0.25) is 0 Å². The van der Waals surface area contributed by atoms with Gasteiger partial charge in [0.05, 0.1) is 0 Å². The number of nitrogens with zero attached hydrogens (tertiary/aromatic N) is 4. The number of hydrazone groups is 2. The minimum atomic E-state index is 0. The summed E-state index contributed by atoms with van der Waals surface area (Å²) in [6.07, 6.45) is 3.82. The van der Waals surface area contributed by atoms with Crippen molar-refractivity contribution in [1.29, 1.82) is 0 Å². The van der Waals surface area contributed by atoms with Crippen LogP contribution in [0.1, 0.15) is 0 Å². The van der Waals surface area contributed by atoms with Crippen LogP contribution in [0.15, 0.2) is 10.2 Å². The van der Waals surface area contributed by atoms with Crippen LogP contribution in [0.25, 0.3) is 0 Å². The second kappa shape index (κ2) is 14.8. The summed E-state index contributed by atoms with van der Waals surface area (Å²) >= 11 is 12.5. The van der Waals surface area contributed by atoms with Crippen LogP contribution in [-0.4, -0.2) is 59.5 Å². The van der Waals surface area contributed by atoms with Crippen molar-refractivity contribution in [3.8, 4) is 0 Å². The Morgan fingerprint density at radius 1 is 0.824 bits per heavy atom. The molecule has 0 spiro atoms. The summed E-state index contributed by atoms with van der Waals surface area (Å²) in [6, 6.07) is 0. The first kappa shape index (κ1) is 22.8. The van der Waals surface area contributed by atoms with Gasteiger partial charge in [0.25, 0.3) is 0 Å². The molecule has 9 heteroatoms. The molecule has 0 atom stereocenters. The number of hydrogen-bond acceptors (Lipinski definition) is 8. The van der Waals surface area contributed by atoms with E-state index in [2.05, 4.69) is 10.2 Å². The third-order valence-corrected chi connectivity index (χ3v) is 2.94. The van der Waals surface area contributed by atoms with Crippen molar-refractivity contribution in [2.24, 2.45) is 10.2 Å². The third kappa shape index (κ3) is 22.4. The van der Waals surface area contributed by atoms with Gasteiger partial charge in [-0.2, -0.15) is 0 Å². The van der Waals surface area contributed by atoms with Crippen LogP contribution in [-0.2, 0) is 44.7 Å². The van der Waals surface area contributed by atoms with E-state index in [1.165, 1.54) is 23.5 Å². The molecule has 0 radical (unpaired) electrons. The van der Waals surface area contributed by atoms with Crippen LogP contribution < -0.4 is 0 Å². The molecular formula is C8H18N4S4Zn. The summed E-state index contributed by atoms with van der Waals surface area (Å²) in [4.78, 5) is 0. The summed E-state index contributed by atoms with van der Waals surface area (Å²) in [7, 11) is 7.40. The van der Waals surface area contributed by atoms with Crippen molar-refractivity contribution in [3.05, 3.63) is 0 Å². The molecule has 0 rings (SSSR count). The van der Waals surface area contributed by atoms with Gasteiger partial charge >= 0.3 is 19.5 Å². The Morgan fingerprint density at radius 3 is 1.12 bits per heavy atom. The Bertz CT molecular complexity index is 210. The number of hydrogen-bond donors (Lipinski definition) is 0. The second-order valence-corrected chi connectivity index (χ2v) is 5.71. The largest absolute Gasteiger partial charge is 2.00 e. The molecule has 0 fully saturated rings. The molecule has 17 heavy (non-hydrogen) atoms. The second-order valence-electron chi connectivity index (χ2n) is 2.83. The zero-order valence-electron chi connectivity index (χ0n) is 11.1. The fraction of sp³-hybridized carbons (Fsp3) is 0.750. The molecule has 0 saturated carbocycles. The van der Waals surface area contributed by atoms with Crippen molar-refractivity contribution >= 4 is 57.5 Å². The van der Waals surface area contributed by atoms with Crippen molar-refractivity contribution in [1.82, 2.24) is 10.0 Å². The van der Waals surface area contributed by atoms with E-state index in [0.717, 1.165) is 0 Å². The van der Waals surface area contributed by atoms with Crippen LogP contribution in [0.3, 0.4) is 0 Å². The summed E-state index contributed by atoms with van der Waals surface area (Å²) < 4.78 is 1.35. The minimum absolute atomic E-state index is 0. The van der Waals surface area contributed by atoms with Gasteiger partial charge in [0.1, 0.15) is 0 Å². The van der Waals surface area contributed by atoms with Gasteiger partial charge in [-0.1, -0.05) is 0 Å². The average Bonchev–Trinajstić information content (AvgIpc) is 2.16. The predicted octanol–water partition coefficient (Wildman–Crippen LogP) is 1.46. The summed E-state index contributed by atoms with van der Waals surface area (Å²) in [6.45, 7) is 0. The molecule has 0 aromatic carbocycles. The van der Waals surface area contributed by atoms with Crippen LogP contribution in [0, 0.1) is 0 Å². The molecule has 96 valence electrons. The predicted molar refractivity (Wildman–Crippen MR) is 84.0 cm³/mol. The van der Waals surface area contributed by atoms with E-state index >= 15 is 0 Å². The van der Waals surface area contributed by atoms with Crippen LogP contribution >= 0.6 is 23.5 Å².